The number of benzene rings is 1. The predicted molar refractivity (Wildman–Crippen MR) is 75.0 cm³/mol. The number of phenols is 1. The molecule has 5 heteroatoms. The highest BCUT2D eigenvalue weighted by Crippen LogP contribution is 2.28. The maximum atomic E-state index is 12.4. The summed E-state index contributed by atoms with van der Waals surface area (Å²) in [5, 5.41) is 19.8. The zero-order chi connectivity index (χ0) is 14.8. The second kappa shape index (κ2) is 5.71. The van der Waals surface area contributed by atoms with E-state index in [9.17, 15) is 15.0 Å². The number of methoxy groups -OCH3 is 1. The Balaban J connectivity index is 2.13. The SMILES string of the molecule is COc1ccc(C(=O)N2CCCC(C)(O)CC2)cc1O. The van der Waals surface area contributed by atoms with Crippen molar-refractivity contribution in [3.05, 3.63) is 23.8 Å². The number of aromatic hydroxyl groups is 1. The minimum absolute atomic E-state index is 0.0415. The van der Waals surface area contributed by atoms with Crippen LogP contribution in [0.1, 0.15) is 36.5 Å². The van der Waals surface area contributed by atoms with Crippen molar-refractivity contribution in [3.63, 3.8) is 0 Å². The molecule has 0 radical (unpaired) electrons. The number of phenolic OH excluding ortho intramolecular Hbond substituents is 1. The largest absolute Gasteiger partial charge is 0.504 e. The van der Waals surface area contributed by atoms with E-state index in [0.29, 0.717) is 37.2 Å². The molecule has 1 fully saturated rings. The van der Waals surface area contributed by atoms with E-state index < -0.39 is 5.60 Å². The summed E-state index contributed by atoms with van der Waals surface area (Å²) in [5.74, 6) is 0.182. The third-order valence-corrected chi connectivity index (χ3v) is 3.78. The second-order valence-corrected chi connectivity index (χ2v) is 5.53. The number of carbonyl (C=O) groups is 1. The highest BCUT2D eigenvalue weighted by molar-refractivity contribution is 5.94. The van der Waals surface area contributed by atoms with Crippen LogP contribution in [0, 0.1) is 0 Å². The number of aliphatic hydroxyl groups is 1. The van der Waals surface area contributed by atoms with Crippen molar-refractivity contribution in [2.75, 3.05) is 20.2 Å². The maximum absolute atomic E-state index is 12.4. The number of amides is 1. The average Bonchev–Trinajstić information content (AvgIpc) is 2.59. The number of likely N-dealkylation sites (tertiary alicyclic amines) is 1. The lowest BCUT2D eigenvalue weighted by molar-refractivity contribution is 0.0438. The van der Waals surface area contributed by atoms with Crippen LogP contribution in [0.5, 0.6) is 11.5 Å². The Bertz CT molecular complexity index is 499. The molecular weight excluding hydrogens is 258 g/mol. The van der Waals surface area contributed by atoms with Gasteiger partial charge in [0, 0.05) is 18.7 Å². The van der Waals surface area contributed by atoms with E-state index in [4.69, 9.17) is 4.74 Å². The zero-order valence-electron chi connectivity index (χ0n) is 11.9. The van der Waals surface area contributed by atoms with E-state index in [1.54, 1.807) is 24.0 Å². The molecule has 5 nitrogen and oxygen atoms in total. The molecule has 2 rings (SSSR count). The van der Waals surface area contributed by atoms with Gasteiger partial charge in [-0.05, 0) is 44.4 Å². The van der Waals surface area contributed by atoms with Gasteiger partial charge in [0.05, 0.1) is 12.7 Å². The Hall–Kier alpha value is -1.75. The minimum Gasteiger partial charge on any atom is -0.504 e. The van der Waals surface area contributed by atoms with Gasteiger partial charge in [-0.3, -0.25) is 4.79 Å². The van der Waals surface area contributed by atoms with Crippen LogP contribution in [0.15, 0.2) is 18.2 Å². The Morgan fingerprint density at radius 3 is 2.75 bits per heavy atom. The summed E-state index contributed by atoms with van der Waals surface area (Å²) in [5.41, 5.74) is -0.262. The van der Waals surface area contributed by atoms with Gasteiger partial charge >= 0.3 is 0 Å². The molecule has 110 valence electrons. The van der Waals surface area contributed by atoms with Crippen LogP contribution >= 0.6 is 0 Å². The van der Waals surface area contributed by atoms with E-state index in [-0.39, 0.29) is 11.7 Å². The van der Waals surface area contributed by atoms with Gasteiger partial charge in [0.2, 0.25) is 0 Å². The first-order valence-corrected chi connectivity index (χ1v) is 6.81. The Morgan fingerprint density at radius 2 is 2.10 bits per heavy atom. The molecule has 1 aromatic carbocycles. The fourth-order valence-corrected chi connectivity index (χ4v) is 2.47. The summed E-state index contributed by atoms with van der Waals surface area (Å²) in [6, 6.07) is 4.64. The smallest absolute Gasteiger partial charge is 0.253 e. The molecule has 1 aliphatic rings. The van der Waals surface area contributed by atoms with Gasteiger partial charge in [0.15, 0.2) is 11.5 Å². The van der Waals surface area contributed by atoms with Gasteiger partial charge in [-0.25, -0.2) is 0 Å². The Labute approximate surface area is 118 Å². The maximum Gasteiger partial charge on any atom is 0.253 e. The molecule has 1 heterocycles. The lowest BCUT2D eigenvalue weighted by Gasteiger charge is -2.22. The van der Waals surface area contributed by atoms with Crippen molar-refractivity contribution in [1.82, 2.24) is 4.90 Å². The van der Waals surface area contributed by atoms with Gasteiger partial charge in [0.1, 0.15) is 0 Å². The third kappa shape index (κ3) is 3.22. The number of ether oxygens (including phenoxy) is 1. The molecule has 20 heavy (non-hydrogen) atoms. The number of nitrogens with zero attached hydrogens (tertiary/aromatic N) is 1. The molecule has 1 saturated heterocycles. The molecular formula is C15H21NO4. The fourth-order valence-electron chi connectivity index (χ4n) is 2.47. The first kappa shape index (κ1) is 14.7. The van der Waals surface area contributed by atoms with E-state index in [2.05, 4.69) is 0 Å². The lowest BCUT2D eigenvalue weighted by Crippen LogP contribution is -2.33. The van der Waals surface area contributed by atoms with Crippen molar-refractivity contribution < 1.29 is 19.7 Å². The number of rotatable bonds is 2. The molecule has 0 aliphatic carbocycles. The quantitative estimate of drug-likeness (QED) is 0.865. The summed E-state index contributed by atoms with van der Waals surface area (Å²) in [7, 11) is 1.47. The first-order valence-electron chi connectivity index (χ1n) is 6.81. The average molecular weight is 279 g/mol. The Kier molecular flexibility index (Phi) is 4.18. The van der Waals surface area contributed by atoms with Crippen LogP contribution in [0.3, 0.4) is 0 Å². The molecule has 0 aromatic heterocycles. The summed E-state index contributed by atoms with van der Waals surface area (Å²) in [6.45, 7) is 2.96. The Morgan fingerprint density at radius 1 is 1.35 bits per heavy atom. The van der Waals surface area contributed by atoms with E-state index >= 15 is 0 Å². The highest BCUT2D eigenvalue weighted by atomic mass is 16.5. The van der Waals surface area contributed by atoms with E-state index in [1.165, 1.54) is 13.2 Å². The summed E-state index contributed by atoms with van der Waals surface area (Å²) in [6.07, 6.45) is 2.05. The monoisotopic (exact) mass is 279 g/mol. The molecule has 1 aliphatic heterocycles. The van der Waals surface area contributed by atoms with Crippen LogP contribution in [0.2, 0.25) is 0 Å². The zero-order valence-corrected chi connectivity index (χ0v) is 11.9. The second-order valence-electron chi connectivity index (χ2n) is 5.53. The minimum atomic E-state index is -0.697. The van der Waals surface area contributed by atoms with Crippen LogP contribution < -0.4 is 4.74 Å². The normalized spacial score (nSPS) is 23.2. The van der Waals surface area contributed by atoms with Gasteiger partial charge < -0.3 is 19.8 Å². The molecule has 0 saturated carbocycles. The van der Waals surface area contributed by atoms with Crippen molar-refractivity contribution in [3.8, 4) is 11.5 Å². The molecule has 2 N–H and O–H groups in total. The van der Waals surface area contributed by atoms with Crippen LogP contribution in [0.4, 0.5) is 0 Å². The van der Waals surface area contributed by atoms with Gasteiger partial charge in [-0.15, -0.1) is 0 Å². The standard InChI is InChI=1S/C15H21NO4/c1-15(19)6-3-8-16(9-7-15)14(18)11-4-5-13(20-2)12(17)10-11/h4-5,10,17,19H,3,6-9H2,1-2H3. The highest BCUT2D eigenvalue weighted by Gasteiger charge is 2.27. The fraction of sp³-hybridized carbons (Fsp3) is 0.533. The molecule has 0 bridgehead atoms. The number of hydrogen-bond acceptors (Lipinski definition) is 4. The van der Waals surface area contributed by atoms with Crippen LogP contribution in [-0.2, 0) is 0 Å². The van der Waals surface area contributed by atoms with Crippen LogP contribution in [-0.4, -0.2) is 46.8 Å². The summed E-state index contributed by atoms with van der Waals surface area (Å²) in [4.78, 5) is 14.1. The predicted octanol–water partition coefficient (Wildman–Crippen LogP) is 1.78. The van der Waals surface area contributed by atoms with Crippen molar-refractivity contribution in [1.29, 1.82) is 0 Å². The number of hydrogen-bond donors (Lipinski definition) is 2. The van der Waals surface area contributed by atoms with Crippen molar-refractivity contribution in [2.24, 2.45) is 0 Å². The van der Waals surface area contributed by atoms with Crippen LogP contribution in [0.25, 0.3) is 0 Å². The summed E-state index contributed by atoms with van der Waals surface area (Å²) < 4.78 is 4.96. The summed E-state index contributed by atoms with van der Waals surface area (Å²) >= 11 is 0. The van der Waals surface area contributed by atoms with Gasteiger partial charge in [0.25, 0.3) is 5.91 Å². The number of carbonyl (C=O) groups excluding carboxylic acids is 1. The topological polar surface area (TPSA) is 70.0 Å². The molecule has 1 atom stereocenters. The first-order chi connectivity index (χ1) is 9.43. The van der Waals surface area contributed by atoms with Gasteiger partial charge in [-0.1, -0.05) is 0 Å². The molecule has 0 spiro atoms. The molecule has 1 unspecified atom stereocenters. The van der Waals surface area contributed by atoms with Crippen molar-refractivity contribution in [2.45, 2.75) is 31.8 Å². The van der Waals surface area contributed by atoms with E-state index in [0.717, 1.165) is 6.42 Å². The lowest BCUT2D eigenvalue weighted by atomic mass is 9.98. The van der Waals surface area contributed by atoms with E-state index in [1.807, 2.05) is 0 Å². The van der Waals surface area contributed by atoms with Crippen molar-refractivity contribution >= 4 is 5.91 Å². The van der Waals surface area contributed by atoms with Gasteiger partial charge in [-0.2, -0.15) is 0 Å². The third-order valence-electron chi connectivity index (χ3n) is 3.78. The molecule has 1 amide bonds. The molecule has 1 aromatic rings.